The van der Waals surface area contributed by atoms with Crippen LogP contribution in [0.2, 0.25) is 5.02 Å². The largest absolute Gasteiger partial charge is 0.550 e. The van der Waals surface area contributed by atoms with Crippen molar-refractivity contribution in [3.8, 4) is 22.7 Å². The van der Waals surface area contributed by atoms with Crippen LogP contribution in [-0.2, 0) is 11.2 Å². The van der Waals surface area contributed by atoms with Gasteiger partial charge in [0.05, 0.1) is 11.4 Å². The summed E-state index contributed by atoms with van der Waals surface area (Å²) in [6.07, 6.45) is 0.195. The molecule has 0 radical (unpaired) electrons. The molecular weight excluding hydrogens is 326 g/mol. The molecule has 3 aromatic rings. The number of carbonyl (C=O) groups excluding carboxylic acids is 1. The zero-order valence-corrected chi connectivity index (χ0v) is 13.5. The molecule has 0 unspecified atom stereocenters. The van der Waals surface area contributed by atoms with Crippen molar-refractivity contribution in [2.75, 3.05) is 0 Å². The monoisotopic (exact) mass is 340 g/mol. The number of aliphatic carboxylic acids is 1. The van der Waals surface area contributed by atoms with Crippen molar-refractivity contribution in [1.29, 1.82) is 0 Å². The van der Waals surface area contributed by atoms with Crippen molar-refractivity contribution in [1.82, 2.24) is 4.57 Å². The Bertz CT molecular complexity index is 872. The number of carboxylic acids is 1. The van der Waals surface area contributed by atoms with Crippen LogP contribution < -0.4 is 5.11 Å². The molecule has 0 aliphatic heterocycles. The third-order valence-corrected chi connectivity index (χ3v) is 4.03. The Morgan fingerprint density at radius 3 is 2.54 bits per heavy atom. The van der Waals surface area contributed by atoms with Crippen LogP contribution >= 0.6 is 11.6 Å². The number of phenolic OH excluding ortho intramolecular Hbond substituents is 1. The second kappa shape index (κ2) is 6.81. The predicted octanol–water partition coefficient (Wildman–Crippen LogP) is 3.19. The first-order valence-electron chi connectivity index (χ1n) is 7.51. The number of hydrogen-bond donors (Lipinski definition) is 1. The molecule has 0 bridgehead atoms. The zero-order chi connectivity index (χ0) is 17.1. The van der Waals surface area contributed by atoms with Gasteiger partial charge in [-0.25, -0.2) is 0 Å². The molecule has 0 aliphatic carbocycles. The molecule has 1 aromatic heterocycles. The van der Waals surface area contributed by atoms with Crippen molar-refractivity contribution < 1.29 is 15.0 Å². The Balaban J connectivity index is 2.17. The lowest BCUT2D eigenvalue weighted by Gasteiger charge is -2.16. The van der Waals surface area contributed by atoms with Gasteiger partial charge in [-0.05, 0) is 48.7 Å². The minimum atomic E-state index is -1.11. The average Bonchev–Trinajstić information content (AvgIpc) is 2.99. The summed E-state index contributed by atoms with van der Waals surface area (Å²) in [6, 6.07) is 18.2. The van der Waals surface area contributed by atoms with Crippen LogP contribution in [-0.4, -0.2) is 15.6 Å². The molecule has 122 valence electrons. The van der Waals surface area contributed by atoms with Crippen LogP contribution in [0.1, 0.15) is 12.1 Å². The van der Waals surface area contributed by atoms with Crippen molar-refractivity contribution in [2.24, 2.45) is 0 Å². The first-order chi connectivity index (χ1) is 11.6. The molecule has 0 saturated carbocycles. The summed E-state index contributed by atoms with van der Waals surface area (Å²) in [7, 11) is 0. The molecule has 5 heteroatoms. The first-order valence-corrected chi connectivity index (χ1v) is 7.89. The molecule has 0 saturated heterocycles. The summed E-state index contributed by atoms with van der Waals surface area (Å²) in [6.45, 7) is 0. The van der Waals surface area contributed by atoms with Crippen molar-refractivity contribution in [3.63, 3.8) is 0 Å². The lowest BCUT2D eigenvalue weighted by Crippen LogP contribution is -2.22. The minimum absolute atomic E-state index is 0.0717. The van der Waals surface area contributed by atoms with Crippen LogP contribution in [0.5, 0.6) is 5.75 Å². The molecule has 0 aliphatic rings. The maximum absolute atomic E-state index is 10.8. The minimum Gasteiger partial charge on any atom is -0.550 e. The predicted molar refractivity (Wildman–Crippen MR) is 91.2 cm³/mol. The molecule has 0 amide bonds. The van der Waals surface area contributed by atoms with E-state index < -0.39 is 5.97 Å². The van der Waals surface area contributed by atoms with Gasteiger partial charge in [-0.3, -0.25) is 0 Å². The van der Waals surface area contributed by atoms with Gasteiger partial charge in [-0.15, -0.1) is 0 Å². The molecular formula is C19H15ClNO3-. The van der Waals surface area contributed by atoms with Crippen molar-refractivity contribution in [3.05, 3.63) is 71.4 Å². The van der Waals surface area contributed by atoms with Gasteiger partial charge in [0.15, 0.2) is 0 Å². The van der Waals surface area contributed by atoms with E-state index in [0.717, 1.165) is 17.0 Å². The topological polar surface area (TPSA) is 65.3 Å². The van der Waals surface area contributed by atoms with Crippen LogP contribution in [0.15, 0.2) is 60.7 Å². The maximum atomic E-state index is 10.8. The molecule has 3 rings (SSSR count). The fraction of sp³-hybridized carbons (Fsp3) is 0.105. The number of rotatable bonds is 5. The zero-order valence-electron chi connectivity index (χ0n) is 12.8. The molecule has 2 aromatic carbocycles. The Morgan fingerprint density at radius 1 is 1.08 bits per heavy atom. The Labute approximate surface area is 144 Å². The molecule has 4 nitrogen and oxygen atoms in total. The summed E-state index contributed by atoms with van der Waals surface area (Å²) in [5.74, 6) is -1.04. The highest BCUT2D eigenvalue weighted by molar-refractivity contribution is 6.30. The lowest BCUT2D eigenvalue weighted by atomic mass is 10.1. The van der Waals surface area contributed by atoms with Gasteiger partial charge in [-0.1, -0.05) is 41.9 Å². The summed E-state index contributed by atoms with van der Waals surface area (Å²) < 4.78 is 1.83. The van der Waals surface area contributed by atoms with Crippen LogP contribution in [0.3, 0.4) is 0 Å². The quantitative estimate of drug-likeness (QED) is 0.775. The number of hydrogen-bond acceptors (Lipinski definition) is 3. The van der Waals surface area contributed by atoms with E-state index in [1.807, 2.05) is 47.0 Å². The fourth-order valence-electron chi connectivity index (χ4n) is 2.70. The number of carbonyl (C=O) groups is 1. The molecule has 0 fully saturated rings. The summed E-state index contributed by atoms with van der Waals surface area (Å²) in [5, 5.41) is 21.6. The average molecular weight is 341 g/mol. The Hall–Kier alpha value is -2.72. The SMILES string of the molecule is O=C([O-])CCc1ccc(-c2ccccc2)n1-c1cc(Cl)ccc1O. The van der Waals surface area contributed by atoms with E-state index in [9.17, 15) is 15.0 Å². The van der Waals surface area contributed by atoms with Crippen molar-refractivity contribution in [2.45, 2.75) is 12.8 Å². The highest BCUT2D eigenvalue weighted by Crippen LogP contribution is 2.33. The molecule has 1 N–H and O–H groups in total. The molecule has 0 atom stereocenters. The number of phenols is 1. The Kier molecular flexibility index (Phi) is 4.58. The standard InChI is InChI=1S/C19H16ClNO3/c20-14-6-10-18(22)17(12-14)21-15(8-11-19(23)24)7-9-16(21)13-4-2-1-3-5-13/h1-7,9-10,12,22H,8,11H2,(H,23,24)/p-1. The van der Waals surface area contributed by atoms with Gasteiger partial charge >= 0.3 is 0 Å². The fourth-order valence-corrected chi connectivity index (χ4v) is 2.86. The highest BCUT2D eigenvalue weighted by Gasteiger charge is 2.15. The number of aryl methyl sites for hydroxylation is 1. The maximum Gasteiger partial charge on any atom is 0.139 e. The van der Waals surface area contributed by atoms with E-state index in [1.165, 1.54) is 6.07 Å². The second-order valence-corrected chi connectivity index (χ2v) is 5.85. The van der Waals surface area contributed by atoms with Crippen molar-refractivity contribution >= 4 is 17.6 Å². The van der Waals surface area contributed by atoms with Gasteiger partial charge < -0.3 is 19.6 Å². The van der Waals surface area contributed by atoms with E-state index in [0.29, 0.717) is 17.1 Å². The Morgan fingerprint density at radius 2 is 1.83 bits per heavy atom. The second-order valence-electron chi connectivity index (χ2n) is 5.42. The van der Waals surface area contributed by atoms with Crippen LogP contribution in [0, 0.1) is 0 Å². The van der Waals surface area contributed by atoms with E-state index in [1.54, 1.807) is 12.1 Å². The summed E-state index contributed by atoms with van der Waals surface area (Å²) >= 11 is 6.08. The van der Waals surface area contributed by atoms with E-state index >= 15 is 0 Å². The molecule has 0 spiro atoms. The number of nitrogens with zero attached hydrogens (tertiary/aromatic N) is 1. The van der Waals surface area contributed by atoms with Crippen LogP contribution in [0.25, 0.3) is 16.9 Å². The highest BCUT2D eigenvalue weighted by atomic mass is 35.5. The van der Waals surface area contributed by atoms with Gasteiger partial charge in [0.1, 0.15) is 5.75 Å². The lowest BCUT2D eigenvalue weighted by molar-refractivity contribution is -0.305. The number of halogens is 1. The number of carboxylic acid groups (broad SMARTS) is 1. The smallest absolute Gasteiger partial charge is 0.139 e. The van der Waals surface area contributed by atoms with Gasteiger partial charge in [0.25, 0.3) is 0 Å². The van der Waals surface area contributed by atoms with E-state index in [2.05, 4.69) is 0 Å². The summed E-state index contributed by atoms with van der Waals surface area (Å²) in [4.78, 5) is 10.8. The number of aromatic hydroxyl groups is 1. The van der Waals surface area contributed by atoms with Gasteiger partial charge in [-0.2, -0.15) is 0 Å². The normalized spacial score (nSPS) is 10.7. The molecule has 24 heavy (non-hydrogen) atoms. The van der Waals surface area contributed by atoms with Gasteiger partial charge in [0, 0.05) is 16.7 Å². The van der Waals surface area contributed by atoms with E-state index in [4.69, 9.17) is 11.6 Å². The number of aromatic nitrogens is 1. The molecule has 1 heterocycles. The van der Waals surface area contributed by atoms with E-state index in [-0.39, 0.29) is 12.2 Å². The first kappa shape index (κ1) is 16.1. The van der Waals surface area contributed by atoms with Gasteiger partial charge in [0.2, 0.25) is 0 Å². The third-order valence-electron chi connectivity index (χ3n) is 3.79. The summed E-state index contributed by atoms with van der Waals surface area (Å²) in [5.41, 5.74) is 3.08. The number of benzene rings is 2. The third kappa shape index (κ3) is 3.29. The van der Waals surface area contributed by atoms with Crippen LogP contribution in [0.4, 0.5) is 0 Å².